The van der Waals surface area contributed by atoms with Crippen molar-refractivity contribution >= 4 is 32.7 Å². The van der Waals surface area contributed by atoms with Crippen molar-refractivity contribution < 1.29 is 81.2 Å². The van der Waals surface area contributed by atoms with Crippen molar-refractivity contribution in [2.75, 3.05) is 0 Å². The van der Waals surface area contributed by atoms with Crippen LogP contribution >= 0.6 is 0 Å². The van der Waals surface area contributed by atoms with Crippen molar-refractivity contribution in [2.24, 2.45) is 0 Å². The molecule has 0 saturated carbocycles. The molecule has 0 radical (unpaired) electrons. The minimum atomic E-state index is -5.91. The average Bonchev–Trinajstić information content (AvgIpc) is 1.16. The number of nitrogens with one attached hydrogen (secondary N) is 3. The smallest absolute Gasteiger partial charge is 0.376 e. The Balaban J connectivity index is 0.000000151. The van der Waals surface area contributed by atoms with Crippen LogP contribution in [0, 0.1) is 13.8 Å². The van der Waals surface area contributed by atoms with Gasteiger partial charge in [0.2, 0.25) is 0 Å². The molecule has 6 aromatic heterocycles. The number of hydrogen-bond acceptors (Lipinski definition) is 7. The zero-order chi connectivity index (χ0) is 66.6. The number of rotatable bonds is 12. The number of aromatic amines is 3. The zero-order valence-electron chi connectivity index (χ0n) is 48.1. The number of aliphatic hydroxyl groups is 3. The van der Waals surface area contributed by atoms with E-state index in [1.807, 2.05) is 95.1 Å². The number of fused-ring (bicyclic) bond motifs is 3. The molecule has 0 fully saturated rings. The lowest BCUT2D eigenvalue weighted by molar-refractivity contribution is -0.376. The molecule has 480 valence electrons. The number of H-pyrrole nitrogens is 3. The summed E-state index contributed by atoms with van der Waals surface area (Å²) < 4.78 is 201. The van der Waals surface area contributed by atoms with Crippen LogP contribution in [-0.2, 0) is 36.4 Å². The van der Waals surface area contributed by atoms with E-state index < -0.39 is 58.8 Å². The van der Waals surface area contributed by atoms with Crippen LogP contribution in [0.3, 0.4) is 0 Å². The van der Waals surface area contributed by atoms with Crippen LogP contribution in [-0.4, -0.2) is 95.5 Å². The molecule has 0 aliphatic rings. The molecule has 0 amide bonds. The van der Waals surface area contributed by atoms with Crippen LogP contribution in [0.15, 0.2) is 183 Å². The first-order valence-corrected chi connectivity index (χ1v) is 27.5. The Bertz CT molecular complexity index is 4480. The first kappa shape index (κ1) is 65.3. The van der Waals surface area contributed by atoms with Gasteiger partial charge in [0.05, 0.1) is 11.9 Å². The summed E-state index contributed by atoms with van der Waals surface area (Å²) in [5.41, 5.74) is -5.48. The Morgan fingerprint density at radius 3 is 1.16 bits per heavy atom. The summed E-state index contributed by atoms with van der Waals surface area (Å²) in [5, 5.41) is 52.3. The molecule has 12 rings (SSSR count). The summed E-state index contributed by atoms with van der Waals surface area (Å²) in [6, 6.07) is 38.0. The third kappa shape index (κ3) is 12.9. The Morgan fingerprint density at radius 2 is 0.804 bits per heavy atom. The topological polar surface area (TPSA) is 174 Å². The van der Waals surface area contributed by atoms with E-state index in [9.17, 15) is 81.2 Å². The van der Waals surface area contributed by atoms with E-state index in [2.05, 4.69) is 41.6 Å². The van der Waals surface area contributed by atoms with E-state index in [1.54, 1.807) is 48.4 Å². The lowest BCUT2D eigenvalue weighted by Crippen LogP contribution is -2.53. The highest BCUT2D eigenvalue weighted by molar-refractivity contribution is 5.87. The van der Waals surface area contributed by atoms with Gasteiger partial charge < -0.3 is 29.0 Å². The second-order valence-corrected chi connectivity index (χ2v) is 21.9. The van der Waals surface area contributed by atoms with Crippen LogP contribution in [0.2, 0.25) is 0 Å². The predicted octanol–water partition coefficient (Wildman–Crippen LogP) is 15.6. The SMILES string of the molecule is Cc1cc(-c2ccc3c(ccn3Cc3ccc(C(C)(O)C(F)(F)F)cc3)c2)n[nH]1.Cc1nc(-c2ccc3c(ccn3Cc3ccc(C(O)(C(F)(F)F)C(F)(F)F)cc3)c2)n[nH]1.OC(c1ccc(Cn2ccc3cc(-c4cn[nH]c4)ccc32)cc1)(C(F)(F)F)C(F)(F)F. The molecule has 92 heavy (non-hydrogen) atoms. The van der Waals surface area contributed by atoms with Gasteiger partial charge in [0, 0.05) is 111 Å². The second kappa shape index (κ2) is 24.2. The molecule has 1 unspecified atom stereocenters. The summed E-state index contributed by atoms with van der Waals surface area (Å²) in [6.45, 7) is 5.44. The molecule has 0 spiro atoms. The van der Waals surface area contributed by atoms with Gasteiger partial charge in [0.15, 0.2) is 11.4 Å². The van der Waals surface area contributed by atoms with Gasteiger partial charge >= 0.3 is 30.9 Å². The standard InChI is InChI=1S/C22H20F3N3O.C21H16F6N4O.C21H15F6N3O/c1-14-11-19(27-26-14)16-5-8-20-17(12-16)9-10-28(20)13-15-3-6-18(7-4-15)21(2,29)22(23,24)25;1-12-28-18(30-29-12)15-4-7-17-14(10-15)8-9-31(17)11-13-2-5-16(6-3-13)19(32,20(22,23)24)21(25,26)27;22-20(23,24)19(31,21(25,26)27)17-4-1-13(2-5-17)12-30-8-7-15-9-14(3-6-18(15)30)16-10-28-29-11-16/h3-12,29H,13H2,1-2H3,(H,26,27);2-10,32H,11H2,1H3,(H,28,29,30);1-11,31H,12H2,(H,28,29). The van der Waals surface area contributed by atoms with Gasteiger partial charge in [0.25, 0.3) is 11.2 Å². The quantitative estimate of drug-likeness (QED) is 0.0660. The van der Waals surface area contributed by atoms with Crippen molar-refractivity contribution in [2.45, 2.75) is 88.1 Å². The molecule has 12 aromatic rings. The van der Waals surface area contributed by atoms with Gasteiger partial charge in [-0.3, -0.25) is 15.3 Å². The van der Waals surface area contributed by atoms with E-state index in [0.717, 1.165) is 103 Å². The predicted molar refractivity (Wildman–Crippen MR) is 310 cm³/mol. The Morgan fingerprint density at radius 1 is 0.413 bits per heavy atom. The molecule has 0 bridgehead atoms. The maximum absolute atomic E-state index is 13.0. The van der Waals surface area contributed by atoms with Crippen molar-refractivity contribution in [1.29, 1.82) is 0 Å². The number of aromatic nitrogens is 10. The van der Waals surface area contributed by atoms with Crippen LogP contribution in [0.4, 0.5) is 65.9 Å². The summed E-state index contributed by atoms with van der Waals surface area (Å²) >= 11 is 0. The molecule has 28 heteroatoms. The number of hydrogen-bond donors (Lipinski definition) is 6. The lowest BCUT2D eigenvalue weighted by atomic mass is 9.91. The number of nitrogens with zero attached hydrogens (tertiary/aromatic N) is 7. The van der Waals surface area contributed by atoms with Gasteiger partial charge in [-0.25, -0.2) is 4.98 Å². The third-order valence-electron chi connectivity index (χ3n) is 15.5. The Hall–Kier alpha value is -9.67. The van der Waals surface area contributed by atoms with Crippen molar-refractivity contribution in [3.8, 4) is 33.8 Å². The minimum Gasteiger partial charge on any atom is -0.376 e. The monoisotopic (exact) mass is 1290 g/mol. The number of aryl methyl sites for hydroxylation is 2. The van der Waals surface area contributed by atoms with Crippen LogP contribution in [0.25, 0.3) is 66.5 Å². The second-order valence-electron chi connectivity index (χ2n) is 21.9. The highest BCUT2D eigenvalue weighted by Gasteiger charge is 2.72. The normalized spacial score (nSPS) is 13.5. The molecule has 6 N–H and O–H groups in total. The van der Waals surface area contributed by atoms with Gasteiger partial charge in [-0.2, -0.15) is 81.2 Å². The number of halogens is 15. The van der Waals surface area contributed by atoms with Crippen LogP contribution in [0.1, 0.15) is 51.8 Å². The molecule has 0 aliphatic carbocycles. The van der Waals surface area contributed by atoms with Gasteiger partial charge in [0.1, 0.15) is 5.82 Å². The molecular formula is C64H51F15N10O3. The molecule has 0 saturated heterocycles. The largest absolute Gasteiger partial charge is 0.430 e. The summed E-state index contributed by atoms with van der Waals surface area (Å²) in [7, 11) is 0. The fourth-order valence-electron chi connectivity index (χ4n) is 10.3. The molecule has 6 heterocycles. The maximum Gasteiger partial charge on any atom is 0.430 e. The highest BCUT2D eigenvalue weighted by Crippen LogP contribution is 2.51. The lowest BCUT2D eigenvalue weighted by Gasteiger charge is -2.32. The number of benzene rings is 6. The van der Waals surface area contributed by atoms with Crippen molar-refractivity contribution in [3.63, 3.8) is 0 Å². The summed E-state index contributed by atoms with van der Waals surface area (Å²) in [4.78, 5) is 4.27. The van der Waals surface area contributed by atoms with Gasteiger partial charge in [-0.05, 0) is 115 Å². The van der Waals surface area contributed by atoms with E-state index >= 15 is 0 Å². The summed E-state index contributed by atoms with van der Waals surface area (Å²) in [5.74, 6) is 1.21. The average molecular weight is 1290 g/mol. The molecule has 6 aromatic carbocycles. The number of alkyl halides is 15. The maximum atomic E-state index is 13.0. The highest BCUT2D eigenvalue weighted by atomic mass is 19.4. The third-order valence-corrected chi connectivity index (χ3v) is 15.5. The van der Waals surface area contributed by atoms with Crippen molar-refractivity contribution in [3.05, 3.63) is 228 Å². The van der Waals surface area contributed by atoms with E-state index in [4.69, 9.17) is 0 Å². The first-order valence-electron chi connectivity index (χ1n) is 27.5. The van der Waals surface area contributed by atoms with Gasteiger partial charge in [-0.15, -0.1) is 0 Å². The Kier molecular flexibility index (Phi) is 17.2. The fourth-order valence-corrected chi connectivity index (χ4v) is 10.3. The molecule has 0 aliphatic heterocycles. The van der Waals surface area contributed by atoms with Gasteiger partial charge in [-0.1, -0.05) is 84.9 Å². The Labute approximate surface area is 511 Å². The van der Waals surface area contributed by atoms with Crippen LogP contribution < -0.4 is 0 Å². The van der Waals surface area contributed by atoms with E-state index in [1.165, 1.54) is 12.1 Å². The van der Waals surface area contributed by atoms with E-state index in [0.29, 0.717) is 53.6 Å². The first-order chi connectivity index (χ1) is 43.1. The molecule has 13 nitrogen and oxygen atoms in total. The van der Waals surface area contributed by atoms with Crippen molar-refractivity contribution in [1.82, 2.24) is 49.3 Å². The van der Waals surface area contributed by atoms with E-state index in [-0.39, 0.29) is 18.7 Å². The fraction of sp³-hybridized carbons (Fsp3) is 0.219. The minimum absolute atomic E-state index is 0.176. The summed E-state index contributed by atoms with van der Waals surface area (Å²) in [6.07, 6.45) is -19.4. The molecule has 1 atom stereocenters. The molecular weight excluding hydrogens is 1240 g/mol. The zero-order valence-corrected chi connectivity index (χ0v) is 48.1. The van der Waals surface area contributed by atoms with Crippen LogP contribution in [0.5, 0.6) is 0 Å².